The van der Waals surface area contributed by atoms with E-state index in [1.165, 1.54) is 6.92 Å². The maximum atomic E-state index is 13.1. The summed E-state index contributed by atoms with van der Waals surface area (Å²) in [4.78, 5) is 28.9. The van der Waals surface area contributed by atoms with Crippen LogP contribution in [-0.2, 0) is 17.5 Å². The average Bonchev–Trinajstić information content (AvgIpc) is 3.19. The van der Waals surface area contributed by atoms with Gasteiger partial charge < -0.3 is 15.0 Å². The van der Waals surface area contributed by atoms with Crippen LogP contribution in [0.1, 0.15) is 33.1 Å². The molecule has 1 amide bonds. The monoisotopic (exact) mass is 412 g/mol. The van der Waals surface area contributed by atoms with Crippen LogP contribution in [0.2, 0.25) is 0 Å². The summed E-state index contributed by atoms with van der Waals surface area (Å²) >= 11 is 0. The standard InChI is InChI=1S/C16H17F3N6O.CH2O2/c1-9-6-13(16(17,18)19)25-14(23-9)12(7-22-25)15(26)20-4-5-24-8-21-10(2)11(24)3;2-1-3/h6-8H,4-5H2,1-3H3,(H,20,26);1H,(H,2,3). The minimum absolute atomic E-state index is 0.00210. The number of alkyl halides is 3. The van der Waals surface area contributed by atoms with E-state index in [1.54, 1.807) is 6.33 Å². The van der Waals surface area contributed by atoms with Crippen LogP contribution in [0.3, 0.4) is 0 Å². The molecule has 0 fully saturated rings. The summed E-state index contributed by atoms with van der Waals surface area (Å²) in [6.45, 7) is 5.78. The third-order valence-corrected chi connectivity index (χ3v) is 4.12. The highest BCUT2D eigenvalue weighted by molar-refractivity contribution is 5.99. The van der Waals surface area contributed by atoms with Gasteiger partial charge in [-0.25, -0.2) is 14.5 Å². The minimum atomic E-state index is -4.59. The number of hydrogen-bond acceptors (Lipinski definition) is 5. The summed E-state index contributed by atoms with van der Waals surface area (Å²) in [5.74, 6) is -0.527. The molecule has 12 heteroatoms. The van der Waals surface area contributed by atoms with Gasteiger partial charge in [-0.3, -0.25) is 9.59 Å². The van der Waals surface area contributed by atoms with Crippen molar-refractivity contribution in [3.8, 4) is 0 Å². The number of imidazole rings is 1. The van der Waals surface area contributed by atoms with E-state index in [9.17, 15) is 18.0 Å². The van der Waals surface area contributed by atoms with Gasteiger partial charge in [-0.2, -0.15) is 18.3 Å². The Morgan fingerprint density at radius 1 is 1.31 bits per heavy atom. The highest BCUT2D eigenvalue weighted by Gasteiger charge is 2.35. The number of halogens is 3. The molecule has 3 heterocycles. The van der Waals surface area contributed by atoms with Crippen molar-refractivity contribution in [2.45, 2.75) is 33.5 Å². The predicted octanol–water partition coefficient (Wildman–Crippen LogP) is 2.00. The van der Waals surface area contributed by atoms with Crippen molar-refractivity contribution >= 4 is 18.0 Å². The first kappa shape index (κ1) is 21.9. The molecule has 3 aromatic heterocycles. The Hall–Kier alpha value is -3.44. The Kier molecular flexibility index (Phi) is 6.56. The zero-order valence-electron chi connectivity index (χ0n) is 15.9. The quantitative estimate of drug-likeness (QED) is 0.634. The molecular formula is C17H19F3N6O3. The lowest BCUT2D eigenvalue weighted by Gasteiger charge is -2.10. The van der Waals surface area contributed by atoms with Crippen LogP contribution in [0, 0.1) is 20.8 Å². The van der Waals surface area contributed by atoms with Gasteiger partial charge in [0.15, 0.2) is 5.65 Å². The number of nitrogens with one attached hydrogen (secondary N) is 1. The van der Waals surface area contributed by atoms with E-state index in [0.29, 0.717) is 17.6 Å². The van der Waals surface area contributed by atoms with Crippen molar-refractivity contribution in [2.75, 3.05) is 6.54 Å². The van der Waals surface area contributed by atoms with Crippen LogP contribution >= 0.6 is 0 Å². The van der Waals surface area contributed by atoms with Crippen molar-refractivity contribution in [2.24, 2.45) is 0 Å². The molecule has 0 atom stereocenters. The Bertz CT molecular complexity index is 1030. The molecule has 0 aromatic carbocycles. The third kappa shape index (κ3) is 4.89. The number of nitrogens with zero attached hydrogens (tertiary/aromatic N) is 5. The maximum Gasteiger partial charge on any atom is 0.433 e. The molecule has 3 aromatic rings. The largest absolute Gasteiger partial charge is 0.483 e. The fourth-order valence-corrected chi connectivity index (χ4v) is 2.60. The lowest BCUT2D eigenvalue weighted by Crippen LogP contribution is -2.27. The van der Waals surface area contributed by atoms with E-state index in [-0.39, 0.29) is 23.4 Å². The molecule has 156 valence electrons. The molecule has 0 unspecified atom stereocenters. The lowest BCUT2D eigenvalue weighted by atomic mass is 10.2. The first-order valence-corrected chi connectivity index (χ1v) is 8.37. The number of aryl methyl sites for hydroxylation is 2. The number of carboxylic acid groups (broad SMARTS) is 1. The summed E-state index contributed by atoms with van der Waals surface area (Å²) in [7, 11) is 0. The van der Waals surface area contributed by atoms with Gasteiger partial charge in [0.05, 0.1) is 18.2 Å². The second-order valence-corrected chi connectivity index (χ2v) is 6.04. The molecule has 0 bridgehead atoms. The van der Waals surface area contributed by atoms with Gasteiger partial charge in [-0.15, -0.1) is 0 Å². The summed E-state index contributed by atoms with van der Waals surface area (Å²) in [6.07, 6.45) is -1.83. The van der Waals surface area contributed by atoms with Crippen molar-refractivity contribution < 1.29 is 27.9 Å². The van der Waals surface area contributed by atoms with Crippen LogP contribution in [0.15, 0.2) is 18.6 Å². The van der Waals surface area contributed by atoms with Crippen molar-refractivity contribution in [3.05, 3.63) is 46.9 Å². The summed E-state index contributed by atoms with van der Waals surface area (Å²) in [5.41, 5.74) is 0.954. The average molecular weight is 412 g/mol. The molecule has 0 radical (unpaired) electrons. The Morgan fingerprint density at radius 2 is 1.97 bits per heavy atom. The second kappa shape index (κ2) is 8.71. The molecule has 0 saturated carbocycles. The molecule has 29 heavy (non-hydrogen) atoms. The zero-order valence-corrected chi connectivity index (χ0v) is 15.9. The second-order valence-electron chi connectivity index (χ2n) is 6.04. The topological polar surface area (TPSA) is 114 Å². The van der Waals surface area contributed by atoms with Crippen molar-refractivity contribution in [1.82, 2.24) is 29.5 Å². The molecule has 0 aliphatic carbocycles. The highest BCUT2D eigenvalue weighted by atomic mass is 19.4. The number of carbonyl (C=O) groups excluding carboxylic acids is 1. The van der Waals surface area contributed by atoms with Gasteiger partial charge in [0.25, 0.3) is 12.4 Å². The van der Waals surface area contributed by atoms with Crippen LogP contribution in [0.5, 0.6) is 0 Å². The normalized spacial score (nSPS) is 11.1. The fourth-order valence-electron chi connectivity index (χ4n) is 2.60. The molecule has 0 spiro atoms. The van der Waals surface area contributed by atoms with Gasteiger partial charge in [-0.05, 0) is 26.8 Å². The summed E-state index contributed by atoms with van der Waals surface area (Å²) in [6, 6.07) is 0.895. The molecule has 2 N–H and O–H groups in total. The SMILES string of the molecule is Cc1cc(C(F)(F)F)n2ncc(C(=O)NCCn3cnc(C)c3C)c2n1.O=CO. The van der Waals surface area contributed by atoms with E-state index >= 15 is 0 Å². The van der Waals surface area contributed by atoms with E-state index < -0.39 is 17.8 Å². The predicted molar refractivity (Wildman–Crippen MR) is 95.5 cm³/mol. The first-order chi connectivity index (χ1) is 13.6. The van der Waals surface area contributed by atoms with Crippen LogP contribution in [-0.4, -0.2) is 48.2 Å². The smallest absolute Gasteiger partial charge is 0.433 e. The van der Waals surface area contributed by atoms with Crippen molar-refractivity contribution in [3.63, 3.8) is 0 Å². The number of aromatic nitrogens is 5. The molecule has 0 saturated heterocycles. The lowest BCUT2D eigenvalue weighted by molar-refractivity contribution is -0.142. The van der Waals surface area contributed by atoms with Crippen LogP contribution in [0.25, 0.3) is 5.65 Å². The third-order valence-electron chi connectivity index (χ3n) is 4.12. The molecular weight excluding hydrogens is 393 g/mol. The Balaban J connectivity index is 0.000000941. The van der Waals surface area contributed by atoms with E-state index in [0.717, 1.165) is 23.7 Å². The van der Waals surface area contributed by atoms with Gasteiger partial charge in [0.2, 0.25) is 0 Å². The Labute approximate surface area is 163 Å². The number of carbonyl (C=O) groups is 2. The van der Waals surface area contributed by atoms with E-state index in [2.05, 4.69) is 20.4 Å². The number of amides is 1. The highest BCUT2D eigenvalue weighted by Crippen LogP contribution is 2.30. The summed E-state index contributed by atoms with van der Waals surface area (Å²) in [5, 5.41) is 13.3. The molecule has 0 aliphatic rings. The molecule has 3 rings (SSSR count). The van der Waals surface area contributed by atoms with Gasteiger partial charge in [-0.1, -0.05) is 0 Å². The van der Waals surface area contributed by atoms with E-state index in [4.69, 9.17) is 9.90 Å². The number of rotatable bonds is 4. The Morgan fingerprint density at radius 3 is 2.52 bits per heavy atom. The van der Waals surface area contributed by atoms with Crippen molar-refractivity contribution in [1.29, 1.82) is 0 Å². The fraction of sp³-hybridized carbons (Fsp3) is 0.353. The van der Waals surface area contributed by atoms with Gasteiger partial charge in [0.1, 0.15) is 11.3 Å². The van der Waals surface area contributed by atoms with Gasteiger partial charge in [0, 0.05) is 24.5 Å². The minimum Gasteiger partial charge on any atom is -0.483 e. The summed E-state index contributed by atoms with van der Waals surface area (Å²) < 4.78 is 42.0. The number of hydrogen-bond donors (Lipinski definition) is 2. The van der Waals surface area contributed by atoms with Crippen LogP contribution in [0.4, 0.5) is 13.2 Å². The maximum absolute atomic E-state index is 13.1. The number of fused-ring (bicyclic) bond motifs is 1. The molecule has 0 aliphatic heterocycles. The molecule has 9 nitrogen and oxygen atoms in total. The first-order valence-electron chi connectivity index (χ1n) is 8.37. The van der Waals surface area contributed by atoms with E-state index in [1.807, 2.05) is 18.4 Å². The van der Waals surface area contributed by atoms with Crippen LogP contribution < -0.4 is 5.32 Å². The van der Waals surface area contributed by atoms with Gasteiger partial charge >= 0.3 is 6.18 Å². The zero-order chi connectivity index (χ0) is 21.8.